The number of H-pyrrole nitrogens is 1. The van der Waals surface area contributed by atoms with Crippen molar-refractivity contribution in [1.29, 1.82) is 0 Å². The molecule has 23 heavy (non-hydrogen) atoms. The number of hydrogen-bond acceptors (Lipinski definition) is 2. The average Bonchev–Trinajstić information content (AvgIpc) is 3.11. The van der Waals surface area contributed by atoms with Gasteiger partial charge in [-0.15, -0.1) is 0 Å². The number of amides is 1. The molecule has 1 amide bonds. The minimum Gasteiger partial charge on any atom is -0.361 e. The van der Waals surface area contributed by atoms with Crippen LogP contribution in [0, 0.1) is 0 Å². The van der Waals surface area contributed by atoms with Crippen LogP contribution in [0.4, 0.5) is 0 Å². The van der Waals surface area contributed by atoms with Crippen molar-refractivity contribution in [2.24, 2.45) is 0 Å². The zero-order chi connectivity index (χ0) is 15.6. The number of likely N-dealkylation sites (tertiary alicyclic amines) is 2. The molecule has 2 aromatic rings. The van der Waals surface area contributed by atoms with Gasteiger partial charge in [0, 0.05) is 30.7 Å². The fourth-order valence-corrected chi connectivity index (χ4v) is 4.15. The molecule has 1 aromatic heterocycles. The summed E-state index contributed by atoms with van der Waals surface area (Å²) in [6, 6.07) is 8.67. The van der Waals surface area contributed by atoms with E-state index in [2.05, 4.69) is 9.88 Å². The molecule has 0 spiro atoms. The third-order valence-corrected chi connectivity index (χ3v) is 5.48. The predicted molar refractivity (Wildman–Crippen MR) is 92.6 cm³/mol. The topological polar surface area (TPSA) is 39.3 Å². The molecule has 4 heteroatoms. The van der Waals surface area contributed by atoms with Crippen LogP contribution in [0.1, 0.15) is 42.5 Å². The van der Waals surface area contributed by atoms with E-state index in [0.29, 0.717) is 6.04 Å². The van der Waals surface area contributed by atoms with Gasteiger partial charge in [-0.25, -0.2) is 0 Å². The van der Waals surface area contributed by atoms with Crippen LogP contribution in [-0.2, 0) is 0 Å². The smallest absolute Gasteiger partial charge is 0.255 e. The lowest BCUT2D eigenvalue weighted by Gasteiger charge is -2.40. The first-order valence-corrected chi connectivity index (χ1v) is 8.92. The Morgan fingerprint density at radius 3 is 2.57 bits per heavy atom. The summed E-state index contributed by atoms with van der Waals surface area (Å²) in [5.74, 6) is 0.176. The first-order chi connectivity index (χ1) is 11.3. The Morgan fingerprint density at radius 2 is 1.78 bits per heavy atom. The molecule has 2 aliphatic heterocycles. The van der Waals surface area contributed by atoms with Crippen LogP contribution in [0.3, 0.4) is 0 Å². The molecule has 2 fully saturated rings. The van der Waals surface area contributed by atoms with Crippen molar-refractivity contribution in [3.8, 4) is 0 Å². The molecule has 0 radical (unpaired) electrons. The highest BCUT2D eigenvalue weighted by Gasteiger charge is 2.28. The van der Waals surface area contributed by atoms with Gasteiger partial charge in [-0.2, -0.15) is 0 Å². The second-order valence-corrected chi connectivity index (χ2v) is 6.87. The van der Waals surface area contributed by atoms with Gasteiger partial charge in [-0.3, -0.25) is 4.79 Å². The Morgan fingerprint density at radius 1 is 1.00 bits per heavy atom. The maximum Gasteiger partial charge on any atom is 0.255 e. The summed E-state index contributed by atoms with van der Waals surface area (Å²) < 4.78 is 0. The van der Waals surface area contributed by atoms with Crippen LogP contribution in [-0.4, -0.2) is 52.9 Å². The Labute approximate surface area is 137 Å². The minimum atomic E-state index is 0.176. The third kappa shape index (κ3) is 2.88. The Balaban J connectivity index is 1.43. The van der Waals surface area contributed by atoms with Gasteiger partial charge in [0.05, 0.1) is 11.1 Å². The molecule has 0 unspecified atom stereocenters. The standard InChI is InChI=1S/C19H25N3O/c23-19(17-6-4-5-15-7-10-20-18(15)17)22-13-8-16(9-14-22)21-11-2-1-3-12-21/h4-7,10,16,20H,1-3,8-9,11-14H2. The van der Waals surface area contributed by atoms with Gasteiger partial charge in [-0.05, 0) is 50.9 Å². The fourth-order valence-electron chi connectivity index (χ4n) is 4.15. The quantitative estimate of drug-likeness (QED) is 0.924. The number of benzene rings is 1. The van der Waals surface area contributed by atoms with Gasteiger partial charge in [-0.1, -0.05) is 18.6 Å². The lowest BCUT2D eigenvalue weighted by atomic mass is 9.99. The maximum absolute atomic E-state index is 12.9. The van der Waals surface area contributed by atoms with Gasteiger partial charge >= 0.3 is 0 Å². The molecule has 3 heterocycles. The number of aromatic nitrogens is 1. The van der Waals surface area contributed by atoms with Crippen molar-refractivity contribution in [1.82, 2.24) is 14.8 Å². The van der Waals surface area contributed by atoms with E-state index in [4.69, 9.17) is 0 Å². The molecular formula is C19H25N3O. The molecule has 0 bridgehead atoms. The highest BCUT2D eigenvalue weighted by Crippen LogP contribution is 2.24. The SMILES string of the molecule is O=C(c1cccc2cc[nH]c12)N1CCC(N2CCCCC2)CC1. The molecule has 0 aliphatic carbocycles. The second kappa shape index (κ2) is 6.36. The highest BCUT2D eigenvalue weighted by atomic mass is 16.2. The predicted octanol–water partition coefficient (Wildman–Crippen LogP) is 3.26. The van der Waals surface area contributed by atoms with Crippen LogP contribution in [0.15, 0.2) is 30.5 Å². The molecule has 0 saturated carbocycles. The van der Waals surface area contributed by atoms with Gasteiger partial charge in [0.15, 0.2) is 0 Å². The van der Waals surface area contributed by atoms with Crippen molar-refractivity contribution in [3.05, 3.63) is 36.0 Å². The monoisotopic (exact) mass is 311 g/mol. The summed E-state index contributed by atoms with van der Waals surface area (Å²) in [6.07, 6.45) is 8.21. The molecule has 1 aromatic carbocycles. The Bertz CT molecular complexity index is 679. The van der Waals surface area contributed by atoms with Crippen LogP contribution in [0.5, 0.6) is 0 Å². The number of nitrogens with zero attached hydrogens (tertiary/aromatic N) is 2. The Kier molecular flexibility index (Phi) is 4.08. The number of hydrogen-bond donors (Lipinski definition) is 1. The van der Waals surface area contributed by atoms with Gasteiger partial charge in [0.1, 0.15) is 0 Å². The first-order valence-electron chi connectivity index (χ1n) is 8.92. The van der Waals surface area contributed by atoms with E-state index in [0.717, 1.165) is 42.4 Å². The van der Waals surface area contributed by atoms with Crippen molar-refractivity contribution >= 4 is 16.8 Å². The minimum absolute atomic E-state index is 0.176. The van der Waals surface area contributed by atoms with E-state index in [-0.39, 0.29) is 5.91 Å². The number of rotatable bonds is 2. The van der Waals surface area contributed by atoms with Gasteiger partial charge in [0.2, 0.25) is 0 Å². The number of carbonyl (C=O) groups excluding carboxylic acids is 1. The lowest BCUT2D eigenvalue weighted by molar-refractivity contribution is 0.0591. The van der Waals surface area contributed by atoms with E-state index in [1.165, 1.54) is 32.4 Å². The molecule has 2 aliphatic rings. The van der Waals surface area contributed by atoms with Crippen molar-refractivity contribution in [2.45, 2.75) is 38.1 Å². The van der Waals surface area contributed by atoms with E-state index in [9.17, 15) is 4.79 Å². The molecule has 2 saturated heterocycles. The summed E-state index contributed by atoms with van der Waals surface area (Å²) in [6.45, 7) is 4.27. The number of nitrogens with one attached hydrogen (secondary N) is 1. The summed E-state index contributed by atoms with van der Waals surface area (Å²) in [4.78, 5) is 20.8. The summed E-state index contributed by atoms with van der Waals surface area (Å²) in [5.41, 5.74) is 1.78. The number of aromatic amines is 1. The number of fused-ring (bicyclic) bond motifs is 1. The number of para-hydroxylation sites is 1. The van der Waals surface area contributed by atoms with E-state index in [1.807, 2.05) is 35.4 Å². The largest absolute Gasteiger partial charge is 0.361 e. The van der Waals surface area contributed by atoms with Crippen molar-refractivity contribution in [2.75, 3.05) is 26.2 Å². The lowest BCUT2D eigenvalue weighted by Crippen LogP contribution is -2.48. The molecule has 1 N–H and O–H groups in total. The zero-order valence-corrected chi connectivity index (χ0v) is 13.6. The molecular weight excluding hydrogens is 286 g/mol. The van der Waals surface area contributed by atoms with Gasteiger partial charge in [0.25, 0.3) is 5.91 Å². The summed E-state index contributed by atoms with van der Waals surface area (Å²) in [7, 11) is 0. The maximum atomic E-state index is 12.9. The summed E-state index contributed by atoms with van der Waals surface area (Å²) in [5, 5.41) is 1.11. The normalized spacial score (nSPS) is 21.0. The molecule has 122 valence electrons. The fraction of sp³-hybridized carbons (Fsp3) is 0.526. The summed E-state index contributed by atoms with van der Waals surface area (Å²) >= 11 is 0. The van der Waals surface area contributed by atoms with Gasteiger partial charge < -0.3 is 14.8 Å². The molecule has 0 atom stereocenters. The van der Waals surface area contributed by atoms with E-state index >= 15 is 0 Å². The number of carbonyl (C=O) groups is 1. The van der Waals surface area contributed by atoms with E-state index < -0.39 is 0 Å². The van der Waals surface area contributed by atoms with Crippen LogP contribution < -0.4 is 0 Å². The highest BCUT2D eigenvalue weighted by molar-refractivity contribution is 6.05. The van der Waals surface area contributed by atoms with Crippen molar-refractivity contribution in [3.63, 3.8) is 0 Å². The number of piperidine rings is 2. The molecule has 4 nitrogen and oxygen atoms in total. The average molecular weight is 311 g/mol. The van der Waals surface area contributed by atoms with Crippen LogP contribution in [0.25, 0.3) is 10.9 Å². The zero-order valence-electron chi connectivity index (χ0n) is 13.6. The Hall–Kier alpha value is -1.81. The molecule has 4 rings (SSSR count). The van der Waals surface area contributed by atoms with E-state index in [1.54, 1.807) is 0 Å². The van der Waals surface area contributed by atoms with Crippen LogP contribution in [0.2, 0.25) is 0 Å². The first kappa shape index (κ1) is 14.8. The van der Waals surface area contributed by atoms with Crippen LogP contribution >= 0.6 is 0 Å². The van der Waals surface area contributed by atoms with Crippen molar-refractivity contribution < 1.29 is 4.79 Å². The second-order valence-electron chi connectivity index (χ2n) is 6.87. The third-order valence-electron chi connectivity index (χ3n) is 5.48.